The maximum atomic E-state index is 11.5. The van der Waals surface area contributed by atoms with Crippen molar-refractivity contribution in [1.29, 1.82) is 0 Å². The van der Waals surface area contributed by atoms with Crippen LogP contribution in [0, 0.1) is 17.0 Å². The lowest BCUT2D eigenvalue weighted by Crippen LogP contribution is -2.26. The summed E-state index contributed by atoms with van der Waals surface area (Å²) < 4.78 is 0. The predicted octanol–water partition coefficient (Wildman–Crippen LogP) is 1.43. The van der Waals surface area contributed by atoms with E-state index in [0.717, 1.165) is 0 Å². The molecule has 5 heteroatoms. The molecule has 5 nitrogen and oxygen atoms in total. The molecule has 0 aliphatic rings. The van der Waals surface area contributed by atoms with Gasteiger partial charge in [-0.3, -0.25) is 14.9 Å². The van der Waals surface area contributed by atoms with Crippen molar-refractivity contribution in [2.24, 2.45) is 5.73 Å². The largest absolute Gasteiger partial charge is 0.321 e. The highest BCUT2D eigenvalue weighted by Crippen LogP contribution is 2.19. The molecule has 1 aromatic rings. The lowest BCUT2D eigenvalue weighted by Gasteiger charge is -2.04. The first kappa shape index (κ1) is 11.3. The molecule has 0 aliphatic heterocycles. The number of nitrogens with zero attached hydrogens (tertiary/aromatic N) is 1. The molecule has 0 spiro atoms. The van der Waals surface area contributed by atoms with Gasteiger partial charge in [-0.2, -0.15) is 0 Å². The Balaban J connectivity index is 3.19. The first-order valence-electron chi connectivity index (χ1n) is 4.48. The number of aryl methyl sites for hydroxylation is 1. The lowest BCUT2D eigenvalue weighted by atomic mass is 10.0. The van der Waals surface area contributed by atoms with Crippen LogP contribution in [0.15, 0.2) is 18.2 Å². The molecule has 2 N–H and O–H groups in total. The van der Waals surface area contributed by atoms with Gasteiger partial charge >= 0.3 is 0 Å². The summed E-state index contributed by atoms with van der Waals surface area (Å²) in [4.78, 5) is 21.6. The minimum absolute atomic E-state index is 0.0542. The predicted molar refractivity (Wildman–Crippen MR) is 55.8 cm³/mol. The normalized spacial score (nSPS) is 12.2. The second-order valence-electron chi connectivity index (χ2n) is 3.41. The number of hydrogen-bond acceptors (Lipinski definition) is 4. The second kappa shape index (κ2) is 4.18. The molecule has 15 heavy (non-hydrogen) atoms. The number of ketones is 1. The molecular formula is C10H12N2O3. The minimum Gasteiger partial charge on any atom is -0.321 e. The first-order chi connectivity index (χ1) is 6.93. The van der Waals surface area contributed by atoms with E-state index in [1.54, 1.807) is 26.0 Å². The lowest BCUT2D eigenvalue weighted by molar-refractivity contribution is -0.385. The zero-order valence-corrected chi connectivity index (χ0v) is 8.56. The van der Waals surface area contributed by atoms with E-state index in [0.29, 0.717) is 5.56 Å². The first-order valence-corrected chi connectivity index (χ1v) is 4.48. The molecule has 0 heterocycles. The van der Waals surface area contributed by atoms with Crippen molar-refractivity contribution >= 4 is 11.5 Å². The van der Waals surface area contributed by atoms with E-state index in [1.807, 2.05) is 0 Å². The van der Waals surface area contributed by atoms with Crippen molar-refractivity contribution in [2.75, 3.05) is 0 Å². The number of nitro groups is 1. The zero-order chi connectivity index (χ0) is 11.6. The van der Waals surface area contributed by atoms with Crippen molar-refractivity contribution < 1.29 is 9.72 Å². The van der Waals surface area contributed by atoms with Gasteiger partial charge in [-0.05, 0) is 13.8 Å². The summed E-state index contributed by atoms with van der Waals surface area (Å²) in [5, 5.41) is 10.6. The van der Waals surface area contributed by atoms with Gasteiger partial charge in [0.2, 0.25) is 0 Å². The van der Waals surface area contributed by atoms with E-state index < -0.39 is 11.0 Å². The molecule has 0 saturated heterocycles. The fourth-order valence-electron chi connectivity index (χ4n) is 1.22. The van der Waals surface area contributed by atoms with E-state index in [2.05, 4.69) is 0 Å². The second-order valence-corrected chi connectivity index (χ2v) is 3.41. The van der Waals surface area contributed by atoms with Crippen LogP contribution in [-0.2, 0) is 0 Å². The Morgan fingerprint density at radius 2 is 2.13 bits per heavy atom. The molecule has 80 valence electrons. The number of carbonyl (C=O) groups is 1. The third-order valence-electron chi connectivity index (χ3n) is 2.10. The van der Waals surface area contributed by atoms with E-state index in [9.17, 15) is 14.9 Å². The molecule has 0 fully saturated rings. The van der Waals surface area contributed by atoms with Crippen LogP contribution in [0.5, 0.6) is 0 Å². The van der Waals surface area contributed by atoms with E-state index in [1.165, 1.54) is 6.07 Å². The van der Waals surface area contributed by atoms with Crippen molar-refractivity contribution in [1.82, 2.24) is 0 Å². The van der Waals surface area contributed by atoms with Gasteiger partial charge in [0.1, 0.15) is 0 Å². The Morgan fingerprint density at radius 1 is 1.53 bits per heavy atom. The van der Waals surface area contributed by atoms with Crippen LogP contribution < -0.4 is 5.73 Å². The number of benzene rings is 1. The van der Waals surface area contributed by atoms with Gasteiger partial charge in [-0.1, -0.05) is 12.1 Å². The summed E-state index contributed by atoms with van der Waals surface area (Å²) in [5.74, 6) is -0.293. The van der Waals surface area contributed by atoms with Crippen LogP contribution in [0.1, 0.15) is 22.8 Å². The zero-order valence-electron chi connectivity index (χ0n) is 8.56. The maximum absolute atomic E-state index is 11.5. The topological polar surface area (TPSA) is 86.2 Å². The molecule has 1 aromatic carbocycles. The highest BCUT2D eigenvalue weighted by Gasteiger charge is 2.16. The van der Waals surface area contributed by atoms with Gasteiger partial charge in [-0.25, -0.2) is 0 Å². The maximum Gasteiger partial charge on any atom is 0.273 e. The third kappa shape index (κ3) is 2.38. The Hall–Kier alpha value is -1.75. The number of Topliss-reactive ketones (excluding diaryl/α,β-unsaturated/α-hetero) is 1. The van der Waals surface area contributed by atoms with Gasteiger partial charge in [0.25, 0.3) is 5.69 Å². The molecular weight excluding hydrogens is 196 g/mol. The Kier molecular flexibility index (Phi) is 3.16. The average Bonchev–Trinajstić information content (AvgIpc) is 2.16. The molecule has 0 bridgehead atoms. The number of hydrogen-bond donors (Lipinski definition) is 1. The van der Waals surface area contributed by atoms with Crippen LogP contribution in [-0.4, -0.2) is 16.7 Å². The van der Waals surface area contributed by atoms with Crippen LogP contribution in [0.3, 0.4) is 0 Å². The highest BCUT2D eigenvalue weighted by molar-refractivity contribution is 6.00. The van der Waals surface area contributed by atoms with Crippen LogP contribution >= 0.6 is 0 Å². The minimum atomic E-state index is -0.646. The molecule has 0 aliphatic carbocycles. The fourth-order valence-corrected chi connectivity index (χ4v) is 1.22. The van der Waals surface area contributed by atoms with Crippen molar-refractivity contribution in [3.05, 3.63) is 39.4 Å². The van der Waals surface area contributed by atoms with Crippen LogP contribution in [0.25, 0.3) is 0 Å². The molecule has 0 saturated carbocycles. The summed E-state index contributed by atoms with van der Waals surface area (Å²) in [6, 6.07) is 3.72. The number of nitro benzene ring substituents is 1. The molecule has 1 unspecified atom stereocenters. The van der Waals surface area contributed by atoms with Gasteiger partial charge in [0.05, 0.1) is 11.0 Å². The number of carbonyl (C=O) groups excluding carboxylic acids is 1. The monoisotopic (exact) mass is 208 g/mol. The third-order valence-corrected chi connectivity index (χ3v) is 2.10. The summed E-state index contributed by atoms with van der Waals surface area (Å²) in [6.07, 6.45) is 0. The molecule has 0 amide bonds. The number of rotatable bonds is 3. The fraction of sp³-hybridized carbons (Fsp3) is 0.300. The van der Waals surface area contributed by atoms with Gasteiger partial charge < -0.3 is 5.73 Å². The van der Waals surface area contributed by atoms with Gasteiger partial charge in [0, 0.05) is 17.2 Å². The van der Waals surface area contributed by atoms with Crippen molar-refractivity contribution in [2.45, 2.75) is 19.9 Å². The number of nitrogens with two attached hydrogens (primary N) is 1. The van der Waals surface area contributed by atoms with Gasteiger partial charge in [0.15, 0.2) is 5.78 Å². The molecule has 1 rings (SSSR count). The molecule has 1 atom stereocenters. The smallest absolute Gasteiger partial charge is 0.273 e. The van der Waals surface area contributed by atoms with E-state index in [4.69, 9.17) is 5.73 Å². The summed E-state index contributed by atoms with van der Waals surface area (Å²) in [5.41, 5.74) is 6.17. The summed E-state index contributed by atoms with van der Waals surface area (Å²) in [6.45, 7) is 3.17. The quantitative estimate of drug-likeness (QED) is 0.462. The van der Waals surface area contributed by atoms with E-state index >= 15 is 0 Å². The Bertz CT molecular complexity index is 413. The van der Waals surface area contributed by atoms with Gasteiger partial charge in [-0.15, -0.1) is 0 Å². The molecule has 0 radical (unpaired) electrons. The molecule has 0 aromatic heterocycles. The standard InChI is InChI=1S/C10H12N2O3/c1-6-3-4-8(10(13)7(2)11)5-9(6)12(14)15/h3-5,7H,11H2,1-2H3. The van der Waals surface area contributed by atoms with Crippen molar-refractivity contribution in [3.8, 4) is 0 Å². The summed E-state index contributed by atoms with van der Waals surface area (Å²) >= 11 is 0. The Labute approximate surface area is 87.0 Å². The Morgan fingerprint density at radius 3 is 2.60 bits per heavy atom. The van der Waals surface area contributed by atoms with E-state index in [-0.39, 0.29) is 17.0 Å². The SMILES string of the molecule is Cc1ccc(C(=O)C(C)N)cc1[N+](=O)[O-]. The van der Waals surface area contributed by atoms with Crippen molar-refractivity contribution in [3.63, 3.8) is 0 Å². The average molecular weight is 208 g/mol. The summed E-state index contributed by atoms with van der Waals surface area (Å²) in [7, 11) is 0. The van der Waals surface area contributed by atoms with Crippen LogP contribution in [0.4, 0.5) is 5.69 Å². The van der Waals surface area contributed by atoms with Crippen LogP contribution in [0.2, 0.25) is 0 Å². The highest BCUT2D eigenvalue weighted by atomic mass is 16.6.